The Morgan fingerprint density at radius 1 is 1.06 bits per heavy atom. The molecule has 3 aromatic heterocycles. The van der Waals surface area contributed by atoms with Crippen LogP contribution in [-0.2, 0) is 0 Å². The molecule has 0 bridgehead atoms. The van der Waals surface area contributed by atoms with Crippen LogP contribution in [-0.4, -0.2) is 15.0 Å². The minimum Gasteiger partial charge on any atom is -0.463 e. The number of nitrogens with zero attached hydrogens (tertiary/aromatic N) is 3. The van der Waals surface area contributed by atoms with Crippen molar-refractivity contribution in [3.8, 4) is 22.8 Å². The lowest BCUT2D eigenvalue weighted by Gasteiger charge is -2.03. The maximum atomic E-state index is 6.01. The van der Waals surface area contributed by atoms with Crippen molar-refractivity contribution in [2.75, 3.05) is 0 Å². The smallest absolute Gasteiger partial charge is 0.161 e. The third-order valence-corrected chi connectivity index (χ3v) is 2.60. The van der Waals surface area contributed by atoms with Crippen molar-refractivity contribution in [1.29, 1.82) is 0 Å². The molecule has 0 saturated carbocycles. The van der Waals surface area contributed by atoms with Crippen LogP contribution in [0.1, 0.15) is 0 Å². The van der Waals surface area contributed by atoms with Crippen LogP contribution in [0, 0.1) is 0 Å². The zero-order valence-corrected chi connectivity index (χ0v) is 10.0. The number of hydrogen-bond acceptors (Lipinski definition) is 4. The molecule has 0 aromatic carbocycles. The first kappa shape index (κ1) is 10.9. The highest BCUT2D eigenvalue weighted by atomic mass is 35.5. The van der Waals surface area contributed by atoms with Gasteiger partial charge in [0.2, 0.25) is 0 Å². The quantitative estimate of drug-likeness (QED) is 0.660. The lowest BCUT2D eigenvalue weighted by atomic mass is 10.2. The summed E-state index contributed by atoms with van der Waals surface area (Å²) in [5.74, 6) is 1.21. The maximum absolute atomic E-state index is 6.01. The minimum absolute atomic E-state index is 0.378. The molecule has 5 heteroatoms. The standard InChI is InChI=1S/C13H8ClN3O/c14-12-8-10(11-2-1-7-18-11)16-13(17-12)9-3-5-15-6-4-9/h1-8H. The normalized spacial score (nSPS) is 10.5. The Labute approximate surface area is 108 Å². The summed E-state index contributed by atoms with van der Waals surface area (Å²) >= 11 is 6.01. The average Bonchev–Trinajstić information content (AvgIpc) is 2.93. The van der Waals surface area contributed by atoms with Crippen molar-refractivity contribution in [3.63, 3.8) is 0 Å². The van der Waals surface area contributed by atoms with Crippen molar-refractivity contribution in [2.45, 2.75) is 0 Å². The van der Waals surface area contributed by atoms with Crippen LogP contribution in [0.15, 0.2) is 53.4 Å². The Bertz CT molecular complexity index is 653. The first-order valence-corrected chi connectivity index (χ1v) is 5.69. The molecular formula is C13H8ClN3O. The number of aromatic nitrogens is 3. The Kier molecular flexibility index (Phi) is 2.78. The molecule has 0 N–H and O–H groups in total. The molecule has 0 atom stereocenters. The minimum atomic E-state index is 0.378. The molecule has 18 heavy (non-hydrogen) atoms. The van der Waals surface area contributed by atoms with Gasteiger partial charge in [-0.25, -0.2) is 9.97 Å². The van der Waals surface area contributed by atoms with Gasteiger partial charge in [-0.15, -0.1) is 0 Å². The highest BCUT2D eigenvalue weighted by molar-refractivity contribution is 6.29. The largest absolute Gasteiger partial charge is 0.463 e. The molecule has 4 nitrogen and oxygen atoms in total. The van der Waals surface area contributed by atoms with Crippen molar-refractivity contribution in [2.24, 2.45) is 0 Å². The molecule has 0 amide bonds. The monoisotopic (exact) mass is 257 g/mol. The van der Waals surface area contributed by atoms with E-state index in [0.717, 1.165) is 5.56 Å². The fourth-order valence-corrected chi connectivity index (χ4v) is 1.78. The van der Waals surface area contributed by atoms with E-state index in [4.69, 9.17) is 16.0 Å². The number of rotatable bonds is 2. The maximum Gasteiger partial charge on any atom is 0.161 e. The second-order valence-electron chi connectivity index (χ2n) is 3.61. The van der Waals surface area contributed by atoms with Gasteiger partial charge in [-0.3, -0.25) is 4.98 Å². The molecule has 3 aromatic rings. The predicted molar refractivity (Wildman–Crippen MR) is 68.0 cm³/mol. The third kappa shape index (κ3) is 2.10. The van der Waals surface area contributed by atoms with Crippen LogP contribution in [0.3, 0.4) is 0 Å². The van der Waals surface area contributed by atoms with Gasteiger partial charge in [-0.2, -0.15) is 0 Å². The lowest BCUT2D eigenvalue weighted by molar-refractivity contribution is 0.580. The van der Waals surface area contributed by atoms with E-state index in [1.165, 1.54) is 0 Å². The van der Waals surface area contributed by atoms with Crippen molar-refractivity contribution < 1.29 is 4.42 Å². The highest BCUT2D eigenvalue weighted by Crippen LogP contribution is 2.24. The highest BCUT2D eigenvalue weighted by Gasteiger charge is 2.09. The van der Waals surface area contributed by atoms with E-state index in [1.807, 2.05) is 18.2 Å². The summed E-state index contributed by atoms with van der Waals surface area (Å²) in [5, 5.41) is 0.378. The fraction of sp³-hybridized carbons (Fsp3) is 0. The number of hydrogen-bond donors (Lipinski definition) is 0. The van der Waals surface area contributed by atoms with Crippen molar-refractivity contribution in [1.82, 2.24) is 15.0 Å². The van der Waals surface area contributed by atoms with E-state index in [2.05, 4.69) is 15.0 Å². The molecule has 0 unspecified atom stereocenters. The molecular weight excluding hydrogens is 250 g/mol. The molecule has 3 heterocycles. The van der Waals surface area contributed by atoms with Gasteiger partial charge in [0.25, 0.3) is 0 Å². The third-order valence-electron chi connectivity index (χ3n) is 2.41. The summed E-state index contributed by atoms with van der Waals surface area (Å²) in [5.41, 5.74) is 1.52. The number of halogens is 1. The van der Waals surface area contributed by atoms with Gasteiger partial charge in [0.1, 0.15) is 10.8 Å². The fourth-order valence-electron chi connectivity index (χ4n) is 1.60. The van der Waals surface area contributed by atoms with E-state index in [1.54, 1.807) is 30.8 Å². The van der Waals surface area contributed by atoms with Crippen LogP contribution >= 0.6 is 11.6 Å². The van der Waals surface area contributed by atoms with Gasteiger partial charge in [-0.05, 0) is 24.3 Å². The Balaban J connectivity index is 2.12. The SMILES string of the molecule is Clc1cc(-c2ccco2)nc(-c2ccncc2)n1. The van der Waals surface area contributed by atoms with Gasteiger partial charge in [-0.1, -0.05) is 11.6 Å². The van der Waals surface area contributed by atoms with Gasteiger partial charge in [0.05, 0.1) is 6.26 Å². The summed E-state index contributed by atoms with van der Waals surface area (Å²) in [6.07, 6.45) is 4.97. The lowest BCUT2D eigenvalue weighted by Crippen LogP contribution is -1.92. The van der Waals surface area contributed by atoms with Gasteiger partial charge in [0.15, 0.2) is 11.6 Å². The van der Waals surface area contributed by atoms with Crippen LogP contribution in [0.4, 0.5) is 0 Å². The molecule has 88 valence electrons. The first-order chi connectivity index (χ1) is 8.83. The van der Waals surface area contributed by atoms with E-state index in [-0.39, 0.29) is 0 Å². The molecule has 0 aliphatic rings. The average molecular weight is 258 g/mol. The zero-order chi connectivity index (χ0) is 12.4. The van der Waals surface area contributed by atoms with E-state index >= 15 is 0 Å². The number of pyridine rings is 1. The van der Waals surface area contributed by atoms with Gasteiger partial charge < -0.3 is 4.42 Å². The van der Waals surface area contributed by atoms with Gasteiger partial charge >= 0.3 is 0 Å². The predicted octanol–water partition coefficient (Wildman–Crippen LogP) is 3.45. The second-order valence-corrected chi connectivity index (χ2v) is 4.00. The van der Waals surface area contributed by atoms with Crippen LogP contribution in [0.25, 0.3) is 22.8 Å². The Hall–Kier alpha value is -2.20. The Morgan fingerprint density at radius 2 is 1.89 bits per heavy atom. The first-order valence-electron chi connectivity index (χ1n) is 5.32. The van der Waals surface area contributed by atoms with Crippen LogP contribution in [0.2, 0.25) is 5.15 Å². The van der Waals surface area contributed by atoms with Crippen LogP contribution < -0.4 is 0 Å². The van der Waals surface area contributed by atoms with E-state index in [9.17, 15) is 0 Å². The molecule has 0 fully saturated rings. The number of furan rings is 1. The molecule has 0 spiro atoms. The summed E-state index contributed by atoms with van der Waals surface area (Å²) < 4.78 is 5.30. The molecule has 0 aliphatic heterocycles. The molecule has 0 radical (unpaired) electrons. The topological polar surface area (TPSA) is 51.8 Å². The van der Waals surface area contributed by atoms with E-state index in [0.29, 0.717) is 22.4 Å². The summed E-state index contributed by atoms with van der Waals surface area (Å²) in [7, 11) is 0. The Morgan fingerprint density at radius 3 is 2.61 bits per heavy atom. The molecule has 0 aliphatic carbocycles. The summed E-state index contributed by atoms with van der Waals surface area (Å²) in [4.78, 5) is 12.6. The van der Waals surface area contributed by atoms with Gasteiger partial charge in [0, 0.05) is 24.0 Å². The molecule has 0 saturated heterocycles. The zero-order valence-electron chi connectivity index (χ0n) is 9.25. The van der Waals surface area contributed by atoms with Crippen LogP contribution in [0.5, 0.6) is 0 Å². The summed E-state index contributed by atoms with van der Waals surface area (Å²) in [6.45, 7) is 0. The van der Waals surface area contributed by atoms with E-state index < -0.39 is 0 Å². The molecule has 3 rings (SSSR count). The van der Waals surface area contributed by atoms with Crippen molar-refractivity contribution in [3.05, 3.63) is 54.1 Å². The van der Waals surface area contributed by atoms with Crippen molar-refractivity contribution >= 4 is 11.6 Å². The second kappa shape index (κ2) is 4.58. The summed E-state index contributed by atoms with van der Waals surface area (Å²) in [6, 6.07) is 8.96.